The highest BCUT2D eigenvalue weighted by molar-refractivity contribution is 7.11. The first-order valence-corrected chi connectivity index (χ1v) is 8.65. The average molecular weight is 376 g/mol. The van der Waals surface area contributed by atoms with Crippen molar-refractivity contribution in [3.8, 4) is 0 Å². The highest BCUT2D eigenvalue weighted by Gasteiger charge is 2.13. The number of anilines is 1. The van der Waals surface area contributed by atoms with Gasteiger partial charge in [-0.15, -0.1) is 11.3 Å². The molecule has 6 nitrogen and oxygen atoms in total. The maximum atomic E-state index is 12.0. The van der Waals surface area contributed by atoms with Crippen molar-refractivity contribution in [3.63, 3.8) is 0 Å². The van der Waals surface area contributed by atoms with Crippen molar-refractivity contribution in [3.05, 3.63) is 69.5 Å². The summed E-state index contributed by atoms with van der Waals surface area (Å²) in [5.74, 6) is -0.461. The third-order valence-electron chi connectivity index (χ3n) is 3.32. The van der Waals surface area contributed by atoms with Crippen LogP contribution in [0.15, 0.2) is 54.0 Å². The number of halogens is 1. The van der Waals surface area contributed by atoms with Crippen LogP contribution in [0.4, 0.5) is 5.82 Å². The Hall–Kier alpha value is -2.64. The van der Waals surface area contributed by atoms with Crippen LogP contribution in [-0.2, 0) is 16.1 Å². The molecular weight excluding hydrogens is 362 g/mol. The summed E-state index contributed by atoms with van der Waals surface area (Å²) in [4.78, 5) is 24.2. The van der Waals surface area contributed by atoms with Crippen LogP contribution in [0.1, 0.15) is 15.2 Å². The molecule has 3 rings (SSSR count). The molecule has 25 heavy (non-hydrogen) atoms. The van der Waals surface area contributed by atoms with Crippen LogP contribution in [0.25, 0.3) is 0 Å². The number of nitrogens with zero attached hydrogens (tertiary/aromatic N) is 2. The van der Waals surface area contributed by atoms with E-state index in [1.54, 1.807) is 40.5 Å². The van der Waals surface area contributed by atoms with Crippen molar-refractivity contribution in [2.75, 3.05) is 11.9 Å². The Morgan fingerprint density at radius 1 is 1.20 bits per heavy atom. The smallest absolute Gasteiger partial charge is 0.348 e. The lowest BCUT2D eigenvalue weighted by molar-refractivity contribution is -0.119. The number of hydrogen-bond donors (Lipinski definition) is 1. The normalized spacial score (nSPS) is 10.4. The maximum absolute atomic E-state index is 12.0. The molecule has 1 N–H and O–H groups in total. The van der Waals surface area contributed by atoms with Crippen molar-refractivity contribution < 1.29 is 14.3 Å². The van der Waals surface area contributed by atoms with Crippen molar-refractivity contribution in [2.24, 2.45) is 0 Å². The van der Waals surface area contributed by atoms with E-state index >= 15 is 0 Å². The molecule has 0 saturated carbocycles. The Morgan fingerprint density at radius 2 is 2.04 bits per heavy atom. The van der Waals surface area contributed by atoms with Crippen LogP contribution in [0.3, 0.4) is 0 Å². The summed E-state index contributed by atoms with van der Waals surface area (Å²) < 4.78 is 6.59. The lowest BCUT2D eigenvalue weighted by Crippen LogP contribution is -2.22. The molecule has 2 aromatic heterocycles. The summed E-state index contributed by atoms with van der Waals surface area (Å²) in [5.41, 5.74) is 0.882. The minimum Gasteiger partial charge on any atom is -0.451 e. The first kappa shape index (κ1) is 17.2. The maximum Gasteiger partial charge on any atom is 0.348 e. The van der Waals surface area contributed by atoms with Crippen molar-refractivity contribution in [1.29, 1.82) is 0 Å². The lowest BCUT2D eigenvalue weighted by Gasteiger charge is -2.10. The summed E-state index contributed by atoms with van der Waals surface area (Å²) in [7, 11) is 0. The molecule has 0 unspecified atom stereocenters. The number of carbonyl (C=O) groups excluding carboxylic acids is 2. The number of aromatic nitrogens is 2. The molecule has 0 atom stereocenters. The van der Waals surface area contributed by atoms with Gasteiger partial charge in [-0.1, -0.05) is 35.9 Å². The predicted octanol–water partition coefficient (Wildman–Crippen LogP) is 3.44. The molecule has 3 aromatic rings. The van der Waals surface area contributed by atoms with Crippen molar-refractivity contribution in [1.82, 2.24) is 9.78 Å². The van der Waals surface area contributed by atoms with Crippen LogP contribution in [0.2, 0.25) is 5.02 Å². The highest BCUT2D eigenvalue weighted by atomic mass is 35.5. The van der Waals surface area contributed by atoms with Crippen LogP contribution in [0, 0.1) is 0 Å². The topological polar surface area (TPSA) is 73.2 Å². The average Bonchev–Trinajstić information content (AvgIpc) is 3.27. The number of ether oxygens (including phenoxy) is 1. The summed E-state index contributed by atoms with van der Waals surface area (Å²) in [6.07, 6.45) is 1.57. The van der Waals surface area contributed by atoms with Gasteiger partial charge in [-0.25, -0.2) is 9.48 Å². The van der Waals surface area contributed by atoms with Crippen LogP contribution < -0.4 is 5.32 Å². The predicted molar refractivity (Wildman–Crippen MR) is 96.0 cm³/mol. The second kappa shape index (κ2) is 7.96. The van der Waals surface area contributed by atoms with Gasteiger partial charge in [-0.3, -0.25) is 4.79 Å². The first-order valence-electron chi connectivity index (χ1n) is 7.39. The van der Waals surface area contributed by atoms with Gasteiger partial charge in [-0.2, -0.15) is 5.10 Å². The third kappa shape index (κ3) is 4.46. The molecule has 128 valence electrons. The number of carbonyl (C=O) groups is 2. The minimum absolute atomic E-state index is 0.367. The van der Waals surface area contributed by atoms with E-state index in [1.807, 2.05) is 18.2 Å². The third-order valence-corrected chi connectivity index (χ3v) is 4.54. The molecule has 2 heterocycles. The molecule has 0 radical (unpaired) electrons. The molecule has 0 saturated heterocycles. The number of thiophene rings is 1. The summed E-state index contributed by atoms with van der Waals surface area (Å²) in [6, 6.07) is 12.5. The van der Waals surface area contributed by atoms with Crippen LogP contribution in [0.5, 0.6) is 0 Å². The largest absolute Gasteiger partial charge is 0.451 e. The molecule has 0 aliphatic rings. The van der Waals surface area contributed by atoms with E-state index in [2.05, 4.69) is 10.4 Å². The molecule has 8 heteroatoms. The lowest BCUT2D eigenvalue weighted by atomic mass is 10.2. The Bertz CT molecular complexity index is 877. The fraction of sp³-hybridized carbons (Fsp3) is 0.118. The second-order valence-corrected chi connectivity index (χ2v) is 6.42. The number of amides is 1. The zero-order valence-electron chi connectivity index (χ0n) is 13.0. The number of rotatable bonds is 6. The standard InChI is InChI=1S/C17H14ClN3O3S/c18-13-5-2-1-4-12(13)10-21-15(7-8-19-21)20-16(22)11-24-17(23)14-6-3-9-25-14/h1-9H,10-11H2,(H,20,22). The van der Waals surface area contributed by atoms with Crippen LogP contribution >= 0.6 is 22.9 Å². The molecule has 0 fully saturated rings. The quantitative estimate of drug-likeness (QED) is 0.670. The van der Waals surface area contributed by atoms with Gasteiger partial charge in [0.15, 0.2) is 6.61 Å². The van der Waals surface area contributed by atoms with Gasteiger partial charge in [-0.05, 0) is 23.1 Å². The van der Waals surface area contributed by atoms with Gasteiger partial charge in [0.05, 0.1) is 12.7 Å². The molecule has 0 aliphatic heterocycles. The van der Waals surface area contributed by atoms with Gasteiger partial charge in [0.2, 0.25) is 0 Å². The van der Waals surface area contributed by atoms with E-state index in [4.69, 9.17) is 16.3 Å². The van der Waals surface area contributed by atoms with Gasteiger partial charge in [0.25, 0.3) is 5.91 Å². The zero-order valence-corrected chi connectivity index (χ0v) is 14.6. The monoisotopic (exact) mass is 375 g/mol. The van der Waals surface area contributed by atoms with E-state index in [0.29, 0.717) is 22.3 Å². The first-order chi connectivity index (χ1) is 12.1. The summed E-state index contributed by atoms with van der Waals surface area (Å²) >= 11 is 7.41. The molecule has 0 aliphatic carbocycles. The summed E-state index contributed by atoms with van der Waals surface area (Å²) in [6.45, 7) is 0.0469. The molecule has 0 spiro atoms. The number of benzene rings is 1. The molecule has 1 aromatic carbocycles. The zero-order chi connectivity index (χ0) is 17.6. The highest BCUT2D eigenvalue weighted by Crippen LogP contribution is 2.18. The van der Waals surface area contributed by atoms with E-state index in [1.165, 1.54) is 11.3 Å². The Kier molecular flexibility index (Phi) is 5.47. The number of esters is 1. The van der Waals surface area contributed by atoms with E-state index in [9.17, 15) is 9.59 Å². The molecular formula is C17H14ClN3O3S. The number of hydrogen-bond acceptors (Lipinski definition) is 5. The number of nitrogens with one attached hydrogen (secondary N) is 1. The van der Waals surface area contributed by atoms with E-state index < -0.39 is 11.9 Å². The second-order valence-electron chi connectivity index (χ2n) is 5.07. The summed E-state index contributed by atoms with van der Waals surface area (Å²) in [5, 5.41) is 9.25. The Labute approximate surface area is 153 Å². The Morgan fingerprint density at radius 3 is 2.80 bits per heavy atom. The van der Waals surface area contributed by atoms with Crippen molar-refractivity contribution >= 4 is 40.6 Å². The molecule has 0 bridgehead atoms. The fourth-order valence-electron chi connectivity index (χ4n) is 2.13. The fourth-order valence-corrected chi connectivity index (χ4v) is 2.94. The van der Waals surface area contributed by atoms with E-state index in [0.717, 1.165) is 5.56 Å². The van der Waals surface area contributed by atoms with Gasteiger partial charge in [0, 0.05) is 11.1 Å². The van der Waals surface area contributed by atoms with Gasteiger partial charge < -0.3 is 10.1 Å². The molecule has 1 amide bonds. The van der Waals surface area contributed by atoms with E-state index in [-0.39, 0.29) is 6.61 Å². The van der Waals surface area contributed by atoms with Gasteiger partial charge >= 0.3 is 5.97 Å². The van der Waals surface area contributed by atoms with Gasteiger partial charge in [0.1, 0.15) is 10.7 Å². The minimum atomic E-state index is -0.519. The Balaban J connectivity index is 1.58. The van der Waals surface area contributed by atoms with Crippen molar-refractivity contribution in [2.45, 2.75) is 6.54 Å². The SMILES string of the molecule is O=C(COC(=O)c1cccs1)Nc1ccnn1Cc1ccccc1Cl. The van der Waals surface area contributed by atoms with Crippen LogP contribution in [-0.4, -0.2) is 28.3 Å².